The van der Waals surface area contributed by atoms with Crippen molar-refractivity contribution in [2.45, 2.75) is 13.8 Å². The molecule has 0 unspecified atom stereocenters. The smallest absolute Gasteiger partial charge is 0.269 e. The number of amides is 1. The van der Waals surface area contributed by atoms with Gasteiger partial charge in [0, 0.05) is 35.8 Å². The number of nitrogens with one attached hydrogen (secondary N) is 2. The number of hydrogen-bond donors (Lipinski definition) is 2. The molecule has 0 atom stereocenters. The third-order valence-corrected chi connectivity index (χ3v) is 2.97. The van der Waals surface area contributed by atoms with Gasteiger partial charge in [0.05, 0.1) is 4.92 Å². The summed E-state index contributed by atoms with van der Waals surface area (Å²) < 4.78 is 0. The number of carbonyl (C=O) groups is 1. The second-order valence-electron chi connectivity index (χ2n) is 4.60. The summed E-state index contributed by atoms with van der Waals surface area (Å²) in [4.78, 5) is 36.7. The van der Waals surface area contributed by atoms with E-state index in [1.807, 2.05) is 0 Å². The van der Waals surface area contributed by atoms with Crippen molar-refractivity contribution < 1.29 is 9.72 Å². The van der Waals surface area contributed by atoms with Crippen LogP contribution in [0.3, 0.4) is 0 Å². The second-order valence-corrected chi connectivity index (χ2v) is 4.60. The molecule has 0 fully saturated rings. The Kier molecular flexibility index (Phi) is 3.84. The van der Waals surface area contributed by atoms with E-state index in [1.165, 1.54) is 30.5 Å². The summed E-state index contributed by atoms with van der Waals surface area (Å²) in [5.74, 6) is -0.562. The van der Waals surface area contributed by atoms with E-state index in [0.717, 1.165) is 0 Å². The van der Waals surface area contributed by atoms with Crippen molar-refractivity contribution >= 4 is 17.3 Å². The monoisotopic (exact) mass is 287 g/mol. The first kappa shape index (κ1) is 14.4. The van der Waals surface area contributed by atoms with E-state index in [4.69, 9.17) is 0 Å². The third kappa shape index (κ3) is 3.14. The van der Waals surface area contributed by atoms with E-state index in [0.29, 0.717) is 16.9 Å². The predicted octanol–water partition coefficient (Wildman–Crippen LogP) is 2.15. The molecule has 7 nitrogen and oxygen atoms in total. The van der Waals surface area contributed by atoms with E-state index in [1.54, 1.807) is 13.8 Å². The first-order valence-electron chi connectivity index (χ1n) is 6.14. The molecule has 2 rings (SSSR count). The normalized spacial score (nSPS) is 10.2. The molecule has 1 amide bonds. The topological polar surface area (TPSA) is 105 Å². The van der Waals surface area contributed by atoms with Crippen molar-refractivity contribution in [2.75, 3.05) is 5.32 Å². The van der Waals surface area contributed by atoms with Crippen molar-refractivity contribution in [1.29, 1.82) is 0 Å². The minimum atomic E-state index is -0.562. The summed E-state index contributed by atoms with van der Waals surface area (Å²) in [6, 6.07) is 5.42. The maximum atomic E-state index is 12.1. The predicted molar refractivity (Wildman–Crippen MR) is 77.6 cm³/mol. The Morgan fingerprint density at radius 2 is 2.00 bits per heavy atom. The molecule has 0 radical (unpaired) electrons. The maximum Gasteiger partial charge on any atom is 0.269 e. The molecule has 0 aliphatic rings. The van der Waals surface area contributed by atoms with Gasteiger partial charge in [0.2, 0.25) is 0 Å². The molecule has 7 heteroatoms. The van der Waals surface area contributed by atoms with Crippen LogP contribution in [0.1, 0.15) is 21.6 Å². The number of carbonyl (C=O) groups excluding carboxylic acids is 1. The van der Waals surface area contributed by atoms with Crippen LogP contribution in [-0.4, -0.2) is 15.8 Å². The molecule has 0 aliphatic carbocycles. The van der Waals surface area contributed by atoms with Gasteiger partial charge in [0.25, 0.3) is 11.6 Å². The number of H-pyrrole nitrogens is 1. The van der Waals surface area contributed by atoms with Gasteiger partial charge in [-0.3, -0.25) is 19.7 Å². The van der Waals surface area contributed by atoms with Crippen LogP contribution in [0.5, 0.6) is 0 Å². The molecule has 1 aromatic carbocycles. The van der Waals surface area contributed by atoms with E-state index in [-0.39, 0.29) is 16.7 Å². The maximum absolute atomic E-state index is 12.1. The van der Waals surface area contributed by atoms with E-state index < -0.39 is 10.8 Å². The van der Waals surface area contributed by atoms with Crippen molar-refractivity contribution in [3.05, 3.63) is 67.6 Å². The number of aromatic amines is 1. The minimum Gasteiger partial charge on any atom is -0.364 e. The number of nitro benzene ring substituents is 1. The number of aromatic nitrogens is 1. The highest BCUT2D eigenvalue weighted by Gasteiger charge is 2.13. The average molecular weight is 287 g/mol. The number of anilines is 1. The summed E-state index contributed by atoms with van der Waals surface area (Å²) in [5, 5.41) is 13.2. The standard InChI is InChI=1S/C14H13N3O4/c1-8-5-10(17(20)21)3-4-12(8)16-14(19)11-7-15-9(2)6-13(11)18/h3-7H,1-2H3,(H,15,18)(H,16,19). The lowest BCUT2D eigenvalue weighted by molar-refractivity contribution is -0.384. The number of non-ortho nitro benzene ring substituents is 1. The van der Waals surface area contributed by atoms with Crippen LogP contribution in [0.4, 0.5) is 11.4 Å². The van der Waals surface area contributed by atoms with Gasteiger partial charge in [-0.2, -0.15) is 0 Å². The second kappa shape index (κ2) is 5.58. The van der Waals surface area contributed by atoms with Gasteiger partial charge >= 0.3 is 0 Å². The Labute approximate surface area is 119 Å². The Morgan fingerprint density at radius 1 is 1.29 bits per heavy atom. The summed E-state index contributed by atoms with van der Waals surface area (Å²) >= 11 is 0. The van der Waals surface area contributed by atoms with Crippen LogP contribution >= 0.6 is 0 Å². The summed E-state index contributed by atoms with van der Waals surface area (Å²) in [6.07, 6.45) is 1.34. The zero-order valence-corrected chi connectivity index (χ0v) is 11.5. The van der Waals surface area contributed by atoms with Crippen molar-refractivity contribution in [3.8, 4) is 0 Å². The molecular weight excluding hydrogens is 274 g/mol. The van der Waals surface area contributed by atoms with Crippen LogP contribution < -0.4 is 10.7 Å². The van der Waals surface area contributed by atoms with Gasteiger partial charge in [-0.05, 0) is 25.5 Å². The van der Waals surface area contributed by atoms with Gasteiger partial charge in [-0.1, -0.05) is 0 Å². The number of hydrogen-bond acceptors (Lipinski definition) is 4. The Balaban J connectivity index is 2.27. The highest BCUT2D eigenvalue weighted by atomic mass is 16.6. The summed E-state index contributed by atoms with van der Waals surface area (Å²) in [6.45, 7) is 3.35. The van der Waals surface area contributed by atoms with E-state index in [9.17, 15) is 19.7 Å². The fourth-order valence-electron chi connectivity index (χ4n) is 1.84. The SMILES string of the molecule is Cc1cc(=O)c(C(=O)Nc2ccc([N+](=O)[O-])cc2C)c[nH]1. The Morgan fingerprint density at radius 3 is 2.57 bits per heavy atom. The molecule has 21 heavy (non-hydrogen) atoms. The molecule has 0 aliphatic heterocycles. The van der Waals surface area contributed by atoms with Crippen molar-refractivity contribution in [2.24, 2.45) is 0 Å². The van der Waals surface area contributed by atoms with Gasteiger partial charge in [0.15, 0.2) is 5.43 Å². The fourth-order valence-corrected chi connectivity index (χ4v) is 1.84. The van der Waals surface area contributed by atoms with Gasteiger partial charge < -0.3 is 10.3 Å². The first-order chi connectivity index (χ1) is 9.88. The van der Waals surface area contributed by atoms with Gasteiger partial charge in [-0.15, -0.1) is 0 Å². The molecule has 0 bridgehead atoms. The van der Waals surface area contributed by atoms with Gasteiger partial charge in [0.1, 0.15) is 5.56 Å². The molecule has 0 saturated carbocycles. The largest absolute Gasteiger partial charge is 0.364 e. The summed E-state index contributed by atoms with van der Waals surface area (Å²) in [5.41, 5.74) is 1.16. The summed E-state index contributed by atoms with van der Waals surface area (Å²) in [7, 11) is 0. The molecule has 0 spiro atoms. The van der Waals surface area contributed by atoms with Crippen LogP contribution in [0.15, 0.2) is 35.3 Å². The average Bonchev–Trinajstić information content (AvgIpc) is 2.40. The highest BCUT2D eigenvalue weighted by molar-refractivity contribution is 6.04. The van der Waals surface area contributed by atoms with Crippen LogP contribution in [-0.2, 0) is 0 Å². The molecule has 108 valence electrons. The van der Waals surface area contributed by atoms with Gasteiger partial charge in [-0.25, -0.2) is 0 Å². The highest BCUT2D eigenvalue weighted by Crippen LogP contribution is 2.21. The van der Waals surface area contributed by atoms with E-state index >= 15 is 0 Å². The van der Waals surface area contributed by atoms with Crippen molar-refractivity contribution in [1.82, 2.24) is 4.98 Å². The number of nitro groups is 1. The number of nitrogens with zero attached hydrogens (tertiary/aromatic N) is 1. The third-order valence-electron chi connectivity index (χ3n) is 2.97. The minimum absolute atomic E-state index is 0.0154. The van der Waals surface area contributed by atoms with Crippen LogP contribution in [0, 0.1) is 24.0 Å². The lowest BCUT2D eigenvalue weighted by Crippen LogP contribution is -2.21. The quantitative estimate of drug-likeness (QED) is 0.666. The fraction of sp³-hybridized carbons (Fsp3) is 0.143. The van der Waals surface area contributed by atoms with Crippen LogP contribution in [0.25, 0.3) is 0 Å². The number of pyridine rings is 1. The molecule has 2 N–H and O–H groups in total. The lowest BCUT2D eigenvalue weighted by Gasteiger charge is -2.08. The zero-order chi connectivity index (χ0) is 15.6. The van der Waals surface area contributed by atoms with Crippen LogP contribution in [0.2, 0.25) is 0 Å². The molecule has 1 heterocycles. The molecule has 0 saturated heterocycles. The first-order valence-corrected chi connectivity index (χ1v) is 6.14. The number of aryl methyl sites for hydroxylation is 2. The van der Waals surface area contributed by atoms with Crippen molar-refractivity contribution in [3.63, 3.8) is 0 Å². The lowest BCUT2D eigenvalue weighted by atomic mass is 10.1. The number of rotatable bonds is 3. The molecular formula is C14H13N3O4. The molecule has 1 aromatic heterocycles. The number of benzene rings is 1. The zero-order valence-electron chi connectivity index (χ0n) is 11.5. The Bertz CT molecular complexity index is 780. The van der Waals surface area contributed by atoms with E-state index in [2.05, 4.69) is 10.3 Å². The molecule has 2 aromatic rings. The Hall–Kier alpha value is -2.96.